The average Bonchev–Trinajstić information content (AvgIpc) is 4.01. The van der Waals surface area contributed by atoms with Crippen LogP contribution in [0.3, 0.4) is 0 Å². The molecule has 26 heteroatoms. The molecule has 0 unspecified atom stereocenters. The largest absolute Gasteiger partial charge is 0.481 e. The van der Waals surface area contributed by atoms with E-state index in [1.165, 1.54) is 18.7 Å². The third-order valence-electron chi connectivity index (χ3n) is 12.5. The molecule has 0 bridgehead atoms. The quantitative estimate of drug-likeness (QED) is 0.0332. The molecule has 1 aromatic heterocycles. The standard InChI is InChI=1S/C47H72N12O14/c1-5-24(2)38(58-44(69)35-14-10-20-59(35)46(71)33(56-39(64)25(3)49)21-27-22-51-29-12-7-6-11-28(27)29)45(70)52-26(4)40(65)53-31(15-17-36(50)61)42(67)54-30(13-8-9-19-48)41(66)57-34(23-60)43(68)55-32(47(72)73)16-18-37(62)63/h6-7,11-12,22,24-26,30-35,38,51,60H,5,8-10,13-21,23,48-49H2,1-4H3,(H2,50,61)(H,52,70)(H,53,65)(H,54,67)(H,55,68)(H,56,64)(H,57,66)(H,58,69)(H,62,63)(H,72,73)/t24-,25-,26-,30-,31-,32-,33-,34-,35-,38-/m0/s1. The number of aliphatic hydroxyl groups is 1. The first-order chi connectivity index (χ1) is 34.5. The fraction of sp³-hybridized carbons (Fsp3) is 0.596. The Hall–Kier alpha value is -7.19. The highest BCUT2D eigenvalue weighted by molar-refractivity contribution is 5.98. The van der Waals surface area contributed by atoms with Crippen LogP contribution in [-0.2, 0) is 59.2 Å². The number of fused-ring (bicyclic) bond motifs is 1. The second-order valence-electron chi connectivity index (χ2n) is 18.2. The molecule has 17 N–H and O–H groups in total. The summed E-state index contributed by atoms with van der Waals surface area (Å²) >= 11 is 0. The normalized spacial score (nSPS) is 17.0. The van der Waals surface area contributed by atoms with Gasteiger partial charge in [0.2, 0.25) is 53.2 Å². The van der Waals surface area contributed by atoms with E-state index in [-0.39, 0.29) is 45.2 Å². The van der Waals surface area contributed by atoms with Crippen molar-refractivity contribution in [2.45, 2.75) is 153 Å². The number of carboxylic acids is 2. The number of hydrogen-bond donors (Lipinski definition) is 14. The Labute approximate surface area is 421 Å². The molecule has 2 aromatic rings. The van der Waals surface area contributed by atoms with Gasteiger partial charge in [0, 0.05) is 42.9 Å². The number of para-hydroxylation sites is 1. The second kappa shape index (κ2) is 29.4. The van der Waals surface area contributed by atoms with Crippen LogP contribution in [0.5, 0.6) is 0 Å². The van der Waals surface area contributed by atoms with E-state index < -0.39 is 151 Å². The molecule has 73 heavy (non-hydrogen) atoms. The number of carboxylic acid groups (broad SMARTS) is 2. The predicted molar refractivity (Wildman–Crippen MR) is 262 cm³/mol. The number of aliphatic carboxylic acids is 2. The highest BCUT2D eigenvalue weighted by Gasteiger charge is 2.41. The van der Waals surface area contributed by atoms with Crippen molar-refractivity contribution in [1.29, 1.82) is 0 Å². The van der Waals surface area contributed by atoms with Crippen molar-refractivity contribution in [2.75, 3.05) is 19.7 Å². The molecule has 1 aliphatic rings. The Bertz CT molecular complexity index is 2290. The van der Waals surface area contributed by atoms with Gasteiger partial charge in [-0.15, -0.1) is 0 Å². The van der Waals surface area contributed by atoms with Crippen molar-refractivity contribution >= 4 is 76.0 Å². The number of amides is 9. The lowest BCUT2D eigenvalue weighted by molar-refractivity contribution is -0.144. The smallest absolute Gasteiger partial charge is 0.326 e. The predicted octanol–water partition coefficient (Wildman–Crippen LogP) is -3.16. The molecule has 404 valence electrons. The lowest BCUT2D eigenvalue weighted by Crippen LogP contribution is -2.60. The lowest BCUT2D eigenvalue weighted by Gasteiger charge is -2.31. The molecule has 1 aliphatic heterocycles. The second-order valence-corrected chi connectivity index (χ2v) is 18.2. The van der Waals surface area contributed by atoms with E-state index in [0.29, 0.717) is 19.3 Å². The van der Waals surface area contributed by atoms with Gasteiger partial charge in [-0.1, -0.05) is 38.5 Å². The van der Waals surface area contributed by atoms with Crippen LogP contribution in [0.2, 0.25) is 0 Å². The molecule has 10 atom stereocenters. The molecule has 2 heterocycles. The average molecular weight is 1030 g/mol. The molecular formula is C47H72N12O14. The van der Waals surface area contributed by atoms with Gasteiger partial charge >= 0.3 is 11.9 Å². The molecule has 1 saturated heterocycles. The molecule has 0 spiro atoms. The van der Waals surface area contributed by atoms with Crippen molar-refractivity contribution in [1.82, 2.24) is 47.1 Å². The first-order valence-electron chi connectivity index (χ1n) is 24.3. The van der Waals surface area contributed by atoms with Crippen LogP contribution in [-0.4, -0.2) is 164 Å². The number of nitrogens with one attached hydrogen (secondary N) is 8. The minimum absolute atomic E-state index is 0.0843. The van der Waals surface area contributed by atoms with Gasteiger partial charge in [0.15, 0.2) is 0 Å². The van der Waals surface area contributed by atoms with Gasteiger partial charge < -0.3 is 79.6 Å². The minimum Gasteiger partial charge on any atom is -0.481 e. The van der Waals surface area contributed by atoms with Gasteiger partial charge in [-0.3, -0.25) is 47.9 Å². The maximum Gasteiger partial charge on any atom is 0.326 e. The van der Waals surface area contributed by atoms with Crippen LogP contribution in [0.4, 0.5) is 0 Å². The fourth-order valence-corrected chi connectivity index (χ4v) is 8.00. The highest BCUT2D eigenvalue weighted by atomic mass is 16.4. The van der Waals surface area contributed by atoms with Crippen molar-refractivity contribution in [3.63, 3.8) is 0 Å². The van der Waals surface area contributed by atoms with Crippen LogP contribution in [0.25, 0.3) is 10.9 Å². The summed E-state index contributed by atoms with van der Waals surface area (Å²) in [5.74, 6) is -10.9. The number of H-pyrrole nitrogens is 1. The molecule has 3 rings (SSSR count). The summed E-state index contributed by atoms with van der Waals surface area (Å²) in [7, 11) is 0. The van der Waals surface area contributed by atoms with Crippen LogP contribution < -0.4 is 54.4 Å². The summed E-state index contributed by atoms with van der Waals surface area (Å²) < 4.78 is 0. The maximum atomic E-state index is 14.3. The van der Waals surface area contributed by atoms with Crippen molar-refractivity contribution in [2.24, 2.45) is 23.1 Å². The van der Waals surface area contributed by atoms with Crippen LogP contribution in [0.1, 0.15) is 97.5 Å². The number of benzene rings is 1. The van der Waals surface area contributed by atoms with E-state index in [2.05, 4.69) is 42.2 Å². The van der Waals surface area contributed by atoms with E-state index in [1.54, 1.807) is 20.0 Å². The van der Waals surface area contributed by atoms with Crippen molar-refractivity contribution < 1.29 is 68.1 Å². The highest BCUT2D eigenvalue weighted by Crippen LogP contribution is 2.24. The number of aromatic nitrogens is 1. The third kappa shape index (κ3) is 18.4. The number of aliphatic hydroxyl groups excluding tert-OH is 1. The molecule has 1 aromatic carbocycles. The van der Waals surface area contributed by atoms with Gasteiger partial charge in [0.05, 0.1) is 12.6 Å². The van der Waals surface area contributed by atoms with E-state index in [0.717, 1.165) is 16.5 Å². The number of nitrogens with two attached hydrogens (primary N) is 3. The maximum absolute atomic E-state index is 14.3. The molecule has 0 saturated carbocycles. The van der Waals surface area contributed by atoms with E-state index in [4.69, 9.17) is 22.3 Å². The zero-order chi connectivity index (χ0) is 54.5. The topological polar surface area (TPSA) is 430 Å². The number of rotatable bonds is 31. The first kappa shape index (κ1) is 60.1. The number of primary amides is 1. The van der Waals surface area contributed by atoms with E-state index >= 15 is 0 Å². The molecule has 26 nitrogen and oxygen atoms in total. The number of hydrogen-bond acceptors (Lipinski definition) is 14. The number of unbranched alkanes of at least 4 members (excludes halogenated alkanes) is 1. The van der Waals surface area contributed by atoms with Crippen molar-refractivity contribution in [3.05, 3.63) is 36.0 Å². The molecule has 0 radical (unpaired) electrons. The Kier molecular flexibility index (Phi) is 24.2. The van der Waals surface area contributed by atoms with Gasteiger partial charge in [-0.25, -0.2) is 4.79 Å². The van der Waals surface area contributed by atoms with Gasteiger partial charge in [-0.2, -0.15) is 0 Å². The summed E-state index contributed by atoms with van der Waals surface area (Å²) in [6.45, 7) is 5.60. The Morgan fingerprint density at radius 3 is 1.92 bits per heavy atom. The van der Waals surface area contributed by atoms with E-state index in [9.17, 15) is 63.0 Å². The van der Waals surface area contributed by atoms with Gasteiger partial charge in [0.25, 0.3) is 0 Å². The third-order valence-corrected chi connectivity index (χ3v) is 12.5. The summed E-state index contributed by atoms with van der Waals surface area (Å²) in [5, 5.41) is 46.5. The monoisotopic (exact) mass is 1030 g/mol. The van der Waals surface area contributed by atoms with Crippen molar-refractivity contribution in [3.8, 4) is 0 Å². The van der Waals surface area contributed by atoms with Crippen LogP contribution in [0.15, 0.2) is 30.5 Å². The zero-order valence-electron chi connectivity index (χ0n) is 41.6. The fourth-order valence-electron chi connectivity index (χ4n) is 8.00. The Balaban J connectivity index is 1.76. The summed E-state index contributed by atoms with van der Waals surface area (Å²) in [6.07, 6.45) is 1.53. The van der Waals surface area contributed by atoms with Gasteiger partial charge in [0.1, 0.15) is 48.3 Å². The number of carbonyl (C=O) groups is 11. The molecule has 1 fully saturated rings. The molecule has 9 amide bonds. The molecule has 0 aliphatic carbocycles. The Morgan fingerprint density at radius 1 is 0.726 bits per heavy atom. The van der Waals surface area contributed by atoms with Gasteiger partial charge in [-0.05, 0) is 82.9 Å². The first-order valence-corrected chi connectivity index (χ1v) is 24.3. The van der Waals surface area contributed by atoms with Crippen LogP contribution in [0, 0.1) is 5.92 Å². The van der Waals surface area contributed by atoms with E-state index in [1.807, 2.05) is 24.3 Å². The lowest BCUT2D eigenvalue weighted by atomic mass is 9.97. The number of carbonyl (C=O) groups excluding carboxylic acids is 9. The van der Waals surface area contributed by atoms with Crippen LogP contribution >= 0.6 is 0 Å². The number of aromatic amines is 1. The number of likely N-dealkylation sites (tertiary alicyclic amines) is 1. The minimum atomic E-state index is -1.75. The number of nitrogens with zero attached hydrogens (tertiary/aromatic N) is 1. The summed E-state index contributed by atoms with van der Waals surface area (Å²) in [4.78, 5) is 148. The Morgan fingerprint density at radius 2 is 1.32 bits per heavy atom. The summed E-state index contributed by atoms with van der Waals surface area (Å²) in [6, 6.07) is -4.63. The molecular weight excluding hydrogens is 957 g/mol. The summed E-state index contributed by atoms with van der Waals surface area (Å²) in [5.41, 5.74) is 18.4. The zero-order valence-corrected chi connectivity index (χ0v) is 41.6. The SMILES string of the molecule is CC[C@H](C)[C@H](NC(=O)[C@@H]1CCCN1C(=O)[C@H](Cc1c[nH]c2ccccc12)NC(=O)[C@H](C)N)C(=O)N[C@@H](C)C(=O)N[C@@H](CCC(N)=O)C(=O)N[C@@H](CCCCN)C(=O)N[C@@H](CO)C(=O)N[C@@H](CCC(=O)O)C(=O)O.